The number of hydrogen-bond acceptors (Lipinski definition) is 4. The Morgan fingerprint density at radius 3 is 2.80 bits per heavy atom. The molecule has 2 rings (SSSR count). The van der Waals surface area contributed by atoms with Gasteiger partial charge in [-0.15, -0.1) is 0 Å². The maximum absolute atomic E-state index is 3.36. The van der Waals surface area contributed by atoms with Crippen LogP contribution in [0.15, 0.2) is 24.3 Å². The Bertz CT molecular complexity index is 425. The molecule has 0 amide bonds. The monoisotopic (exact) mass is 405 g/mol. The van der Waals surface area contributed by atoms with Gasteiger partial charge in [-0.05, 0) is 17.0 Å². The van der Waals surface area contributed by atoms with Crippen molar-refractivity contribution in [3.63, 3.8) is 0 Å². The van der Waals surface area contributed by atoms with Crippen LogP contribution >= 0.6 is 35.0 Å². The molecule has 1 aliphatic rings. The first kappa shape index (κ1) is 16.5. The van der Waals surface area contributed by atoms with Crippen LogP contribution in [-0.2, 0) is 0 Å². The average molecular weight is 405 g/mol. The van der Waals surface area contributed by atoms with Crippen LogP contribution in [0.3, 0.4) is 0 Å². The summed E-state index contributed by atoms with van der Waals surface area (Å²) >= 11 is 4.25. The Morgan fingerprint density at radius 2 is 2.10 bits per heavy atom. The van der Waals surface area contributed by atoms with Crippen molar-refractivity contribution in [3.05, 3.63) is 35.4 Å². The molecule has 1 saturated heterocycles. The summed E-state index contributed by atoms with van der Waals surface area (Å²) in [7, 11) is 0. The van der Waals surface area contributed by atoms with Crippen molar-refractivity contribution in [2.75, 3.05) is 26.2 Å². The second kappa shape index (κ2) is 7.98. The summed E-state index contributed by atoms with van der Waals surface area (Å²) < 4.78 is 8.27. The van der Waals surface area contributed by atoms with Gasteiger partial charge in [-0.1, -0.05) is 45.0 Å². The zero-order valence-electron chi connectivity index (χ0n) is 12.5. The van der Waals surface area contributed by atoms with Gasteiger partial charge in [0.2, 0.25) is 0 Å². The van der Waals surface area contributed by atoms with Gasteiger partial charge in [0.05, 0.1) is 6.04 Å². The van der Waals surface area contributed by atoms with E-state index >= 15 is 0 Å². The van der Waals surface area contributed by atoms with Crippen LogP contribution in [0, 0.1) is 0 Å². The lowest BCUT2D eigenvalue weighted by atomic mass is 9.92. The van der Waals surface area contributed by atoms with Crippen LogP contribution in [0.2, 0.25) is 0 Å². The van der Waals surface area contributed by atoms with E-state index in [0.29, 0.717) is 12.0 Å². The van der Waals surface area contributed by atoms with E-state index in [-0.39, 0.29) is 0 Å². The molecule has 1 atom stereocenters. The van der Waals surface area contributed by atoms with E-state index < -0.39 is 0 Å². The smallest absolute Gasteiger partial charge is 0.0583 e. The molecule has 1 heterocycles. The number of hydrogen-bond donors (Lipinski definition) is 1. The first-order valence-corrected chi connectivity index (χ1v) is 9.03. The Hall–Kier alpha value is 0.180. The first-order valence-electron chi connectivity index (χ1n) is 7.29. The molecule has 0 saturated carbocycles. The first-order chi connectivity index (χ1) is 9.63. The number of halogens is 1. The molecule has 3 nitrogen and oxygen atoms in total. The quantitative estimate of drug-likeness (QED) is 0.454. The lowest BCUT2D eigenvalue weighted by Gasteiger charge is -2.38. The van der Waals surface area contributed by atoms with Gasteiger partial charge < -0.3 is 0 Å². The van der Waals surface area contributed by atoms with E-state index in [4.69, 9.17) is 0 Å². The molecule has 1 unspecified atom stereocenters. The van der Waals surface area contributed by atoms with Crippen molar-refractivity contribution >= 4 is 35.0 Å². The zero-order chi connectivity index (χ0) is 14.5. The van der Waals surface area contributed by atoms with E-state index in [1.54, 1.807) is 12.1 Å². The predicted molar refractivity (Wildman–Crippen MR) is 96.8 cm³/mol. The maximum Gasteiger partial charge on any atom is 0.0583 e. The molecule has 0 radical (unpaired) electrons. The van der Waals surface area contributed by atoms with Gasteiger partial charge in [-0.25, -0.2) is 7.42 Å². The van der Waals surface area contributed by atoms with Crippen molar-refractivity contribution in [2.24, 2.45) is 0 Å². The number of nitrogens with one attached hydrogen (secondary N) is 1. The molecule has 0 bridgehead atoms. The molecule has 0 aromatic heterocycles. The zero-order valence-corrected chi connectivity index (χ0v) is 15.4. The maximum atomic E-state index is 3.36. The second-order valence-electron chi connectivity index (χ2n) is 5.40. The Balaban J connectivity index is 2.17. The van der Waals surface area contributed by atoms with Gasteiger partial charge in [0.1, 0.15) is 0 Å². The highest BCUT2D eigenvalue weighted by atomic mass is 127. The highest BCUT2D eigenvalue weighted by Gasteiger charge is 2.29. The molecule has 1 aromatic carbocycles. The topological polar surface area (TPSA) is 18.5 Å². The fraction of sp³-hybridized carbons (Fsp3) is 0.600. The SMILES string of the molecule is CCNSN1CCN(I)C(c2ccccc2C(C)C)C1. The van der Waals surface area contributed by atoms with Gasteiger partial charge in [0.25, 0.3) is 0 Å². The van der Waals surface area contributed by atoms with E-state index in [1.165, 1.54) is 11.1 Å². The van der Waals surface area contributed by atoms with Crippen molar-refractivity contribution in [3.8, 4) is 0 Å². The van der Waals surface area contributed by atoms with Gasteiger partial charge >= 0.3 is 0 Å². The Kier molecular flexibility index (Phi) is 6.61. The van der Waals surface area contributed by atoms with Crippen molar-refractivity contribution in [2.45, 2.75) is 32.7 Å². The summed E-state index contributed by atoms with van der Waals surface area (Å²) in [6.45, 7) is 11.0. The molecule has 1 aliphatic heterocycles. The number of nitrogens with zero attached hydrogens (tertiary/aromatic N) is 2. The van der Waals surface area contributed by atoms with Crippen LogP contribution in [-0.4, -0.2) is 33.6 Å². The van der Waals surface area contributed by atoms with Crippen LogP contribution in [0.4, 0.5) is 0 Å². The molecule has 0 aliphatic carbocycles. The summed E-state index contributed by atoms with van der Waals surface area (Å²) in [4.78, 5) is 0. The van der Waals surface area contributed by atoms with E-state index in [9.17, 15) is 0 Å². The lowest BCUT2D eigenvalue weighted by Crippen LogP contribution is -2.42. The van der Waals surface area contributed by atoms with E-state index in [0.717, 1.165) is 26.2 Å². The summed E-state index contributed by atoms with van der Waals surface area (Å²) in [5, 5.41) is 0. The fourth-order valence-electron chi connectivity index (χ4n) is 2.56. The van der Waals surface area contributed by atoms with Crippen molar-refractivity contribution in [1.29, 1.82) is 0 Å². The standard InChI is InChI=1S/C15H24IN3S/c1-4-17-20-18-9-10-19(16)15(11-18)14-8-6-5-7-13(14)12(2)3/h5-8,12,15,17H,4,9-11H2,1-3H3. The van der Waals surface area contributed by atoms with Crippen LogP contribution in [0.25, 0.3) is 0 Å². The van der Waals surface area contributed by atoms with Crippen LogP contribution < -0.4 is 4.72 Å². The molecule has 5 heteroatoms. The summed E-state index contributed by atoms with van der Waals surface area (Å²) in [5.74, 6) is 0.577. The Labute approximate surface area is 141 Å². The fourth-order valence-corrected chi connectivity index (χ4v) is 3.96. The molecule has 20 heavy (non-hydrogen) atoms. The highest BCUT2D eigenvalue weighted by Crippen LogP contribution is 2.34. The molecule has 1 fully saturated rings. The molecular weight excluding hydrogens is 381 g/mol. The summed E-state index contributed by atoms with van der Waals surface area (Å²) in [6, 6.07) is 9.38. The molecular formula is C15H24IN3S. The number of benzene rings is 1. The van der Waals surface area contributed by atoms with Crippen molar-refractivity contribution in [1.82, 2.24) is 12.1 Å². The van der Waals surface area contributed by atoms with E-state index in [1.807, 2.05) is 0 Å². The molecule has 112 valence electrons. The average Bonchev–Trinajstić information content (AvgIpc) is 2.46. The van der Waals surface area contributed by atoms with Gasteiger partial charge in [-0.3, -0.25) is 4.72 Å². The van der Waals surface area contributed by atoms with Crippen molar-refractivity contribution < 1.29 is 0 Å². The normalized spacial score (nSPS) is 21.6. The molecule has 0 spiro atoms. The minimum atomic E-state index is 0.481. The summed E-state index contributed by atoms with van der Waals surface area (Å²) in [5.41, 5.74) is 2.97. The largest absolute Gasteiger partial charge is 0.251 e. The van der Waals surface area contributed by atoms with Gasteiger partial charge in [-0.2, -0.15) is 0 Å². The molecule has 1 N–H and O–H groups in total. The van der Waals surface area contributed by atoms with Gasteiger partial charge in [0, 0.05) is 61.2 Å². The van der Waals surface area contributed by atoms with E-state index in [2.05, 4.69) is 80.0 Å². The summed E-state index contributed by atoms with van der Waals surface area (Å²) in [6.07, 6.45) is 0. The molecule has 1 aromatic rings. The van der Waals surface area contributed by atoms with Crippen LogP contribution in [0.5, 0.6) is 0 Å². The third-order valence-electron chi connectivity index (χ3n) is 3.59. The highest BCUT2D eigenvalue weighted by molar-refractivity contribution is 14.1. The number of piperazine rings is 1. The predicted octanol–water partition coefficient (Wildman–Crippen LogP) is 3.99. The minimum absolute atomic E-state index is 0.481. The second-order valence-corrected chi connectivity index (χ2v) is 7.63. The Morgan fingerprint density at radius 1 is 1.35 bits per heavy atom. The number of rotatable bonds is 5. The minimum Gasteiger partial charge on any atom is -0.251 e. The van der Waals surface area contributed by atoms with Gasteiger partial charge in [0.15, 0.2) is 0 Å². The third-order valence-corrected chi connectivity index (χ3v) is 5.76. The van der Waals surface area contributed by atoms with Crippen LogP contribution in [0.1, 0.15) is 43.9 Å². The third kappa shape index (κ3) is 4.10. The lowest BCUT2D eigenvalue weighted by molar-refractivity contribution is 0.245.